The molecule has 2 atom stereocenters. The van der Waals surface area contributed by atoms with Crippen LogP contribution in [0.1, 0.15) is 31.0 Å². The lowest BCUT2D eigenvalue weighted by Crippen LogP contribution is -2.58. The Labute approximate surface area is 170 Å². The van der Waals surface area contributed by atoms with Crippen LogP contribution in [0.25, 0.3) is 0 Å². The van der Waals surface area contributed by atoms with Gasteiger partial charge in [-0.25, -0.2) is 0 Å². The molecule has 0 saturated carbocycles. The smallest absolute Gasteiger partial charge is 0.317 e. The highest BCUT2D eigenvalue weighted by Crippen LogP contribution is 2.33. The summed E-state index contributed by atoms with van der Waals surface area (Å²) in [4.78, 5) is 15.7. The third-order valence-corrected chi connectivity index (χ3v) is 5.69. The maximum atomic E-state index is 11.2. The van der Waals surface area contributed by atoms with E-state index in [-0.39, 0.29) is 24.7 Å². The van der Waals surface area contributed by atoms with Gasteiger partial charge >= 0.3 is 5.97 Å². The van der Waals surface area contributed by atoms with Crippen molar-refractivity contribution in [3.63, 3.8) is 0 Å². The highest BCUT2D eigenvalue weighted by molar-refractivity contribution is 6.30. The molecule has 1 fully saturated rings. The van der Waals surface area contributed by atoms with E-state index in [1.54, 1.807) is 0 Å². The molecule has 0 spiro atoms. The number of carboxylic acid groups (broad SMARTS) is 1. The fourth-order valence-corrected chi connectivity index (χ4v) is 4.23. The van der Waals surface area contributed by atoms with E-state index in [9.17, 15) is 9.90 Å². The molecule has 4 nitrogen and oxygen atoms in total. The molecule has 27 heavy (non-hydrogen) atoms. The summed E-state index contributed by atoms with van der Waals surface area (Å²) < 4.78 is 0. The third kappa shape index (κ3) is 4.82. The van der Waals surface area contributed by atoms with Crippen LogP contribution in [0.3, 0.4) is 0 Å². The molecular formula is C21H24Cl2N2O2. The largest absolute Gasteiger partial charge is 0.480 e. The third-order valence-electron chi connectivity index (χ3n) is 5.18. The van der Waals surface area contributed by atoms with E-state index in [0.29, 0.717) is 10.0 Å². The predicted molar refractivity (Wildman–Crippen MR) is 110 cm³/mol. The van der Waals surface area contributed by atoms with E-state index >= 15 is 0 Å². The predicted octanol–water partition coefficient (Wildman–Crippen LogP) is 4.56. The van der Waals surface area contributed by atoms with Crippen molar-refractivity contribution in [2.45, 2.75) is 32.0 Å². The van der Waals surface area contributed by atoms with Gasteiger partial charge in [-0.2, -0.15) is 0 Å². The summed E-state index contributed by atoms with van der Waals surface area (Å²) in [5.41, 5.74) is 2.32. The molecule has 2 aromatic rings. The summed E-state index contributed by atoms with van der Waals surface area (Å²) in [6, 6.07) is 16.2. The van der Waals surface area contributed by atoms with Gasteiger partial charge in [0, 0.05) is 35.2 Å². The molecule has 0 radical (unpaired) electrons. The van der Waals surface area contributed by atoms with Crippen LogP contribution in [0.2, 0.25) is 10.0 Å². The fraction of sp³-hybridized carbons (Fsp3) is 0.381. The highest BCUT2D eigenvalue weighted by atomic mass is 35.5. The summed E-state index contributed by atoms with van der Waals surface area (Å²) in [7, 11) is 0. The lowest BCUT2D eigenvalue weighted by Gasteiger charge is -2.46. The maximum absolute atomic E-state index is 11.2. The maximum Gasteiger partial charge on any atom is 0.317 e. The van der Waals surface area contributed by atoms with Crippen LogP contribution in [0, 0.1) is 0 Å². The minimum absolute atomic E-state index is 0.0661. The summed E-state index contributed by atoms with van der Waals surface area (Å²) in [5.74, 6) is -0.783. The molecule has 1 aliphatic rings. The number of nitrogens with zero attached hydrogens (tertiary/aromatic N) is 2. The summed E-state index contributed by atoms with van der Waals surface area (Å²) in [5, 5.41) is 10.6. The number of carbonyl (C=O) groups is 1. The first-order valence-electron chi connectivity index (χ1n) is 9.07. The molecule has 1 heterocycles. The number of benzene rings is 2. The second-order valence-corrected chi connectivity index (χ2v) is 8.10. The van der Waals surface area contributed by atoms with Crippen LogP contribution >= 0.6 is 23.2 Å². The Morgan fingerprint density at radius 1 is 0.963 bits per heavy atom. The van der Waals surface area contributed by atoms with Crippen molar-refractivity contribution in [1.29, 1.82) is 0 Å². The number of hydrogen-bond donors (Lipinski definition) is 1. The number of hydrogen-bond acceptors (Lipinski definition) is 3. The Balaban J connectivity index is 1.92. The van der Waals surface area contributed by atoms with Crippen LogP contribution in [0.15, 0.2) is 48.5 Å². The van der Waals surface area contributed by atoms with Gasteiger partial charge in [-0.1, -0.05) is 47.5 Å². The molecule has 0 bridgehead atoms. The zero-order valence-electron chi connectivity index (χ0n) is 15.5. The van der Waals surface area contributed by atoms with Crippen molar-refractivity contribution in [2.75, 3.05) is 19.6 Å². The van der Waals surface area contributed by atoms with Gasteiger partial charge in [0.25, 0.3) is 0 Å². The number of piperazine rings is 1. The molecule has 2 aromatic carbocycles. The highest BCUT2D eigenvalue weighted by Gasteiger charge is 2.34. The topological polar surface area (TPSA) is 43.8 Å². The summed E-state index contributed by atoms with van der Waals surface area (Å²) in [6.45, 7) is 5.82. The zero-order chi connectivity index (χ0) is 19.6. The van der Waals surface area contributed by atoms with Gasteiger partial charge < -0.3 is 5.11 Å². The molecule has 144 valence electrons. The van der Waals surface area contributed by atoms with Crippen molar-refractivity contribution in [3.8, 4) is 0 Å². The van der Waals surface area contributed by atoms with Crippen molar-refractivity contribution in [2.24, 2.45) is 0 Å². The monoisotopic (exact) mass is 406 g/mol. The second-order valence-electron chi connectivity index (χ2n) is 7.22. The van der Waals surface area contributed by atoms with Gasteiger partial charge in [0.1, 0.15) is 0 Å². The fourth-order valence-electron chi connectivity index (χ4n) is 3.98. The van der Waals surface area contributed by atoms with Crippen molar-refractivity contribution in [1.82, 2.24) is 9.80 Å². The summed E-state index contributed by atoms with van der Waals surface area (Å²) >= 11 is 12.2. The van der Waals surface area contributed by atoms with Gasteiger partial charge in [0.15, 0.2) is 0 Å². The summed E-state index contributed by atoms with van der Waals surface area (Å²) in [6.07, 6.45) is 0. The molecule has 1 aliphatic heterocycles. The number of aliphatic carboxylic acids is 1. The molecule has 1 saturated heterocycles. The molecule has 6 heteroatoms. The molecule has 2 unspecified atom stereocenters. The van der Waals surface area contributed by atoms with E-state index in [0.717, 1.165) is 24.2 Å². The number of carboxylic acids is 1. The standard InChI is InChI=1S/C21H24Cl2N2O2/c1-14-11-24(12-15(2)25(14)13-20(26)27)21(16-3-7-18(22)8-4-16)17-5-9-19(23)10-6-17/h3-10,14-15,21H,11-13H2,1-2H3,(H,26,27). The van der Waals surface area contributed by atoms with Crippen LogP contribution in [0.5, 0.6) is 0 Å². The van der Waals surface area contributed by atoms with Gasteiger partial charge in [-0.05, 0) is 49.2 Å². The minimum Gasteiger partial charge on any atom is -0.480 e. The lowest BCUT2D eigenvalue weighted by molar-refractivity contribution is -0.140. The Morgan fingerprint density at radius 2 is 1.37 bits per heavy atom. The van der Waals surface area contributed by atoms with Crippen LogP contribution < -0.4 is 0 Å². The Bertz CT molecular complexity index is 722. The van der Waals surface area contributed by atoms with E-state index in [1.807, 2.05) is 24.3 Å². The van der Waals surface area contributed by atoms with Gasteiger partial charge in [0.05, 0.1) is 12.6 Å². The lowest BCUT2D eigenvalue weighted by atomic mass is 9.94. The molecule has 3 rings (SSSR count). The Hall–Kier alpha value is -1.59. The molecule has 1 N–H and O–H groups in total. The first-order chi connectivity index (χ1) is 12.8. The quantitative estimate of drug-likeness (QED) is 0.789. The number of rotatable bonds is 5. The van der Waals surface area contributed by atoms with Gasteiger partial charge in [-0.15, -0.1) is 0 Å². The number of halogens is 2. The second kappa shape index (κ2) is 8.61. The molecule has 0 amide bonds. The minimum atomic E-state index is -0.783. The van der Waals surface area contributed by atoms with Crippen LogP contribution in [-0.4, -0.2) is 52.6 Å². The van der Waals surface area contributed by atoms with E-state index < -0.39 is 5.97 Å². The van der Waals surface area contributed by atoms with Gasteiger partial charge in [0.2, 0.25) is 0 Å². The van der Waals surface area contributed by atoms with E-state index in [2.05, 4.69) is 47.9 Å². The van der Waals surface area contributed by atoms with Crippen molar-refractivity contribution in [3.05, 3.63) is 69.7 Å². The molecule has 0 aromatic heterocycles. The zero-order valence-corrected chi connectivity index (χ0v) is 17.0. The normalized spacial score (nSPS) is 21.5. The first-order valence-corrected chi connectivity index (χ1v) is 9.83. The van der Waals surface area contributed by atoms with Gasteiger partial charge in [-0.3, -0.25) is 14.6 Å². The SMILES string of the molecule is CC1CN(C(c2ccc(Cl)cc2)c2ccc(Cl)cc2)CC(C)N1CC(=O)O. The molecule has 0 aliphatic carbocycles. The van der Waals surface area contributed by atoms with E-state index in [4.69, 9.17) is 23.2 Å². The van der Waals surface area contributed by atoms with Crippen LogP contribution in [-0.2, 0) is 4.79 Å². The van der Waals surface area contributed by atoms with Crippen LogP contribution in [0.4, 0.5) is 0 Å². The Morgan fingerprint density at radius 3 is 1.74 bits per heavy atom. The van der Waals surface area contributed by atoms with E-state index in [1.165, 1.54) is 0 Å². The average Bonchev–Trinajstić information content (AvgIpc) is 2.61. The Kier molecular flexibility index (Phi) is 6.43. The first kappa shape index (κ1) is 20.2. The van der Waals surface area contributed by atoms with Crippen molar-refractivity contribution >= 4 is 29.2 Å². The van der Waals surface area contributed by atoms with Crippen molar-refractivity contribution < 1.29 is 9.90 Å². The molecular weight excluding hydrogens is 383 g/mol. The average molecular weight is 407 g/mol.